The van der Waals surface area contributed by atoms with E-state index < -0.39 is 28.9 Å². The molecule has 2 unspecified atom stereocenters. The van der Waals surface area contributed by atoms with Crippen LogP contribution in [-0.4, -0.2) is 42.9 Å². The third-order valence-corrected chi connectivity index (χ3v) is 5.94. The molecule has 2 fully saturated rings. The van der Waals surface area contributed by atoms with Gasteiger partial charge in [0.25, 0.3) is 11.5 Å². The average Bonchev–Trinajstić information content (AvgIpc) is 3.50. The summed E-state index contributed by atoms with van der Waals surface area (Å²) in [6.45, 7) is 3.38. The number of amides is 1. The topological polar surface area (TPSA) is 104 Å². The van der Waals surface area contributed by atoms with Gasteiger partial charge in [-0.05, 0) is 42.0 Å². The first kappa shape index (κ1) is 22.3. The molecule has 32 heavy (non-hydrogen) atoms. The maximum atomic E-state index is 13.4. The van der Waals surface area contributed by atoms with E-state index in [0.29, 0.717) is 19.0 Å². The van der Waals surface area contributed by atoms with Crippen molar-refractivity contribution in [1.82, 2.24) is 4.98 Å². The first-order valence-electron chi connectivity index (χ1n) is 10.2. The number of aromatic amines is 1. The summed E-state index contributed by atoms with van der Waals surface area (Å²) in [4.78, 5) is 24.9. The fourth-order valence-corrected chi connectivity index (χ4v) is 3.67. The molecule has 2 aliphatic rings. The molecule has 0 spiro atoms. The Kier molecular flexibility index (Phi) is 5.76. The van der Waals surface area contributed by atoms with Gasteiger partial charge in [0.1, 0.15) is 29.7 Å². The van der Waals surface area contributed by atoms with Gasteiger partial charge in [-0.15, -0.1) is 0 Å². The summed E-state index contributed by atoms with van der Waals surface area (Å²) in [5.41, 5.74) is 2.06. The zero-order valence-corrected chi connectivity index (χ0v) is 17.3. The zero-order valence-electron chi connectivity index (χ0n) is 17.3. The summed E-state index contributed by atoms with van der Waals surface area (Å²) < 4.78 is 57.8. The Morgan fingerprint density at radius 3 is 2.53 bits per heavy atom. The highest BCUT2D eigenvalue weighted by atomic mass is 19.4. The molecule has 7 nitrogen and oxygen atoms in total. The normalized spacial score (nSPS) is 22.4. The number of halogens is 3. The lowest BCUT2D eigenvalue weighted by molar-refractivity contribution is -0.167. The monoisotopic (exact) mass is 452 g/mol. The lowest BCUT2D eigenvalue weighted by Crippen LogP contribution is -2.43. The molecule has 1 aromatic carbocycles. The highest BCUT2D eigenvalue weighted by Crippen LogP contribution is 2.50. The smallest absolute Gasteiger partial charge is 0.431 e. The van der Waals surface area contributed by atoms with Crippen LogP contribution in [0.1, 0.15) is 35.8 Å². The molecule has 1 amide bonds. The Balaban J connectivity index is 1.49. The van der Waals surface area contributed by atoms with E-state index in [4.69, 9.17) is 19.9 Å². The average molecular weight is 452 g/mol. The van der Waals surface area contributed by atoms with Crippen LogP contribution >= 0.6 is 0 Å². The Labute approximate surface area is 181 Å². The molecule has 2 atom stereocenters. The number of carbonyl (C=O) groups excluding carboxylic acids is 1. The standard InChI is InChI=1S/C22H23F3N2O5/c1-21(6-7-21)17-11-30-9-14(32-17)10-31-13-4-2-12(3-5-13)15-8-16(19(26)28)20(29)27-18(15)22(23,24)25/h2-5,8,14,17H,6-7,9-11H2,1H3,(H2,26,28)(H,27,29). The van der Waals surface area contributed by atoms with E-state index in [1.54, 1.807) is 4.98 Å². The van der Waals surface area contributed by atoms with E-state index in [1.807, 2.05) is 0 Å². The van der Waals surface area contributed by atoms with Gasteiger partial charge >= 0.3 is 6.18 Å². The number of H-pyrrole nitrogens is 1. The minimum atomic E-state index is -4.83. The molecule has 10 heteroatoms. The number of rotatable bonds is 6. The van der Waals surface area contributed by atoms with Crippen LogP contribution in [0.5, 0.6) is 5.75 Å². The number of aromatic nitrogens is 1. The quantitative estimate of drug-likeness (QED) is 0.701. The molecule has 1 aliphatic carbocycles. The Morgan fingerprint density at radius 2 is 1.94 bits per heavy atom. The van der Waals surface area contributed by atoms with Crippen LogP contribution in [0.3, 0.4) is 0 Å². The summed E-state index contributed by atoms with van der Waals surface area (Å²) in [5.74, 6) is -0.681. The molecular weight excluding hydrogens is 429 g/mol. The van der Waals surface area contributed by atoms with Gasteiger partial charge in [0.15, 0.2) is 0 Å². The van der Waals surface area contributed by atoms with Crippen molar-refractivity contribution < 1.29 is 32.2 Å². The van der Waals surface area contributed by atoms with Gasteiger partial charge in [-0.25, -0.2) is 0 Å². The van der Waals surface area contributed by atoms with Crippen molar-refractivity contribution in [1.29, 1.82) is 0 Å². The first-order chi connectivity index (χ1) is 15.1. The van der Waals surface area contributed by atoms with Gasteiger partial charge < -0.3 is 24.9 Å². The number of carbonyl (C=O) groups is 1. The summed E-state index contributed by atoms with van der Waals surface area (Å²) in [6, 6.07) is 6.69. The maximum absolute atomic E-state index is 13.4. The van der Waals surface area contributed by atoms with Crippen LogP contribution in [-0.2, 0) is 15.7 Å². The van der Waals surface area contributed by atoms with Crippen molar-refractivity contribution in [3.8, 4) is 16.9 Å². The summed E-state index contributed by atoms with van der Waals surface area (Å²) in [7, 11) is 0. The van der Waals surface area contributed by atoms with Crippen LogP contribution in [0.4, 0.5) is 13.2 Å². The molecule has 3 N–H and O–H groups in total. The number of pyridine rings is 1. The Hall–Kier alpha value is -2.85. The number of nitrogens with one attached hydrogen (secondary N) is 1. The zero-order chi connectivity index (χ0) is 23.1. The molecule has 0 radical (unpaired) electrons. The summed E-state index contributed by atoms with van der Waals surface area (Å²) in [5, 5.41) is 0. The molecule has 1 saturated carbocycles. The van der Waals surface area contributed by atoms with E-state index in [-0.39, 0.29) is 35.4 Å². The van der Waals surface area contributed by atoms with Gasteiger partial charge in [-0.3, -0.25) is 9.59 Å². The number of ether oxygens (including phenoxy) is 3. The number of hydrogen-bond acceptors (Lipinski definition) is 5. The minimum absolute atomic E-state index is 0.0349. The van der Waals surface area contributed by atoms with Gasteiger partial charge in [0, 0.05) is 5.56 Å². The first-order valence-corrected chi connectivity index (χ1v) is 10.2. The van der Waals surface area contributed by atoms with Gasteiger partial charge in [0.05, 0.1) is 19.3 Å². The van der Waals surface area contributed by atoms with E-state index in [2.05, 4.69) is 6.92 Å². The van der Waals surface area contributed by atoms with Crippen molar-refractivity contribution in [3.05, 3.63) is 51.9 Å². The van der Waals surface area contributed by atoms with Crippen LogP contribution in [0.2, 0.25) is 0 Å². The fraction of sp³-hybridized carbons (Fsp3) is 0.455. The molecule has 2 heterocycles. The van der Waals surface area contributed by atoms with Gasteiger partial charge in [-0.2, -0.15) is 13.2 Å². The van der Waals surface area contributed by atoms with E-state index >= 15 is 0 Å². The molecule has 4 rings (SSSR count). The largest absolute Gasteiger partial charge is 0.491 e. The molecule has 1 saturated heterocycles. The number of nitrogens with two attached hydrogens (primary N) is 1. The van der Waals surface area contributed by atoms with Crippen LogP contribution in [0.15, 0.2) is 35.1 Å². The highest BCUT2D eigenvalue weighted by Gasteiger charge is 2.48. The lowest BCUT2D eigenvalue weighted by Gasteiger charge is -2.33. The van der Waals surface area contributed by atoms with Crippen molar-refractivity contribution in [3.63, 3.8) is 0 Å². The number of alkyl halides is 3. The van der Waals surface area contributed by atoms with Gasteiger partial charge in [-0.1, -0.05) is 19.1 Å². The fourth-order valence-electron chi connectivity index (χ4n) is 3.67. The molecule has 2 aromatic rings. The number of primary amides is 1. The predicted molar refractivity (Wildman–Crippen MR) is 108 cm³/mol. The van der Waals surface area contributed by atoms with Gasteiger partial charge in [0.2, 0.25) is 0 Å². The highest BCUT2D eigenvalue weighted by molar-refractivity contribution is 5.94. The Bertz CT molecular complexity index is 1060. The van der Waals surface area contributed by atoms with Crippen LogP contribution in [0, 0.1) is 5.41 Å². The Morgan fingerprint density at radius 1 is 1.25 bits per heavy atom. The molecule has 1 aliphatic heterocycles. The lowest BCUT2D eigenvalue weighted by atomic mass is 10.0. The van der Waals surface area contributed by atoms with Crippen molar-refractivity contribution in [2.24, 2.45) is 11.1 Å². The maximum Gasteiger partial charge on any atom is 0.431 e. The third-order valence-electron chi connectivity index (χ3n) is 5.94. The molecule has 1 aromatic heterocycles. The van der Waals surface area contributed by atoms with E-state index in [1.165, 1.54) is 24.3 Å². The molecular formula is C22H23F3N2O5. The van der Waals surface area contributed by atoms with E-state index in [9.17, 15) is 22.8 Å². The summed E-state index contributed by atoms with van der Waals surface area (Å²) in [6.07, 6.45) is -2.81. The van der Waals surface area contributed by atoms with Crippen molar-refractivity contribution >= 4 is 5.91 Å². The second-order valence-electron chi connectivity index (χ2n) is 8.44. The third kappa shape index (κ3) is 4.66. The molecule has 0 bridgehead atoms. The van der Waals surface area contributed by atoms with Crippen molar-refractivity contribution in [2.45, 2.75) is 38.1 Å². The van der Waals surface area contributed by atoms with Crippen molar-refractivity contribution in [2.75, 3.05) is 19.8 Å². The van der Waals surface area contributed by atoms with E-state index in [0.717, 1.165) is 18.9 Å². The second kappa shape index (κ2) is 8.25. The summed E-state index contributed by atoms with van der Waals surface area (Å²) >= 11 is 0. The number of benzene rings is 1. The SMILES string of the molecule is CC1(C2COCC(COc3ccc(-c4cc(C(N)=O)c(=O)[nH]c4C(F)(F)F)cc3)O2)CC1. The molecule has 172 valence electrons. The van der Waals surface area contributed by atoms with Crippen LogP contribution in [0.25, 0.3) is 11.1 Å². The minimum Gasteiger partial charge on any atom is -0.491 e. The predicted octanol–water partition coefficient (Wildman–Crippen LogP) is 3.12. The van der Waals surface area contributed by atoms with Crippen LogP contribution < -0.4 is 16.0 Å². The second-order valence-corrected chi connectivity index (χ2v) is 8.44. The number of hydrogen-bond donors (Lipinski definition) is 2.